The Bertz CT molecular complexity index is 974. The quantitative estimate of drug-likeness (QED) is 0.467. The molecule has 0 aliphatic rings. The first-order valence-electron chi connectivity index (χ1n) is 9.94. The molecular weight excluding hydrogens is 437 g/mol. The Hall–Kier alpha value is -2.19. The monoisotopic (exact) mass is 467 g/mol. The van der Waals surface area contributed by atoms with Gasteiger partial charge in [0.05, 0.1) is 29.4 Å². The molecule has 3 rings (SSSR count). The van der Waals surface area contributed by atoms with Gasteiger partial charge in [-0.25, -0.2) is 9.67 Å². The summed E-state index contributed by atoms with van der Waals surface area (Å²) >= 11 is 0. The van der Waals surface area contributed by atoms with Crippen LogP contribution in [-0.4, -0.2) is 54.0 Å². The molecule has 2 N–H and O–H groups in total. The van der Waals surface area contributed by atoms with Crippen LogP contribution in [0.2, 0.25) is 0 Å². The summed E-state index contributed by atoms with van der Waals surface area (Å²) in [6.07, 6.45) is 1.73. The van der Waals surface area contributed by atoms with Gasteiger partial charge in [-0.3, -0.25) is 4.79 Å². The molecule has 0 aliphatic carbocycles. The summed E-state index contributed by atoms with van der Waals surface area (Å²) in [6, 6.07) is 10.2. The zero-order valence-electron chi connectivity index (χ0n) is 18.3. The summed E-state index contributed by atoms with van der Waals surface area (Å²) in [6.45, 7) is 8.77. The van der Waals surface area contributed by atoms with Gasteiger partial charge in [0.1, 0.15) is 0 Å². The standard InChI is InChI=1S/C22H29N5O2.2ClH/c1-15(2)27-21-19(14-25-27)18(22(28)24-10-9-23-11-12-29-4)13-20(26-21)17-7-5-16(3)6-8-17;;/h5-8,13-15,23H,9-12H2,1-4H3,(H,24,28);2*1H. The first-order chi connectivity index (χ1) is 14.0. The van der Waals surface area contributed by atoms with Crippen molar-refractivity contribution in [3.8, 4) is 11.3 Å². The normalized spacial score (nSPS) is 10.6. The maximum absolute atomic E-state index is 12.9. The first kappa shape index (κ1) is 26.8. The Morgan fingerprint density at radius 2 is 1.84 bits per heavy atom. The lowest BCUT2D eigenvalue weighted by atomic mass is 10.1. The zero-order valence-corrected chi connectivity index (χ0v) is 20.0. The summed E-state index contributed by atoms with van der Waals surface area (Å²) < 4.78 is 6.86. The number of methoxy groups -OCH3 is 1. The van der Waals surface area contributed by atoms with E-state index in [1.54, 1.807) is 13.3 Å². The van der Waals surface area contributed by atoms with E-state index in [4.69, 9.17) is 9.72 Å². The number of nitrogens with zero attached hydrogens (tertiary/aromatic N) is 3. The van der Waals surface area contributed by atoms with E-state index in [2.05, 4.69) is 29.6 Å². The van der Waals surface area contributed by atoms with Crippen LogP contribution in [-0.2, 0) is 4.74 Å². The maximum atomic E-state index is 12.9. The van der Waals surface area contributed by atoms with Crippen molar-refractivity contribution in [2.45, 2.75) is 26.8 Å². The van der Waals surface area contributed by atoms with E-state index < -0.39 is 0 Å². The number of aromatic nitrogens is 3. The Morgan fingerprint density at radius 3 is 2.48 bits per heavy atom. The number of pyridine rings is 1. The second-order valence-electron chi connectivity index (χ2n) is 7.34. The second-order valence-corrected chi connectivity index (χ2v) is 7.34. The molecule has 2 heterocycles. The van der Waals surface area contributed by atoms with E-state index in [1.165, 1.54) is 5.56 Å². The van der Waals surface area contributed by atoms with E-state index in [0.717, 1.165) is 28.8 Å². The number of ether oxygens (including phenoxy) is 1. The smallest absolute Gasteiger partial charge is 0.252 e. The number of aryl methyl sites for hydroxylation is 1. The molecule has 170 valence electrons. The van der Waals surface area contributed by atoms with Crippen LogP contribution in [0.1, 0.15) is 35.8 Å². The van der Waals surface area contributed by atoms with Crippen molar-refractivity contribution in [3.63, 3.8) is 0 Å². The molecule has 0 bridgehead atoms. The second kappa shape index (κ2) is 12.6. The molecular formula is C22H31Cl2N5O2. The number of benzene rings is 1. The van der Waals surface area contributed by atoms with Gasteiger partial charge in [-0.05, 0) is 26.8 Å². The van der Waals surface area contributed by atoms with Crippen LogP contribution in [0.15, 0.2) is 36.5 Å². The lowest BCUT2D eigenvalue weighted by Crippen LogP contribution is -2.33. The topological polar surface area (TPSA) is 81.1 Å². The van der Waals surface area contributed by atoms with Gasteiger partial charge in [-0.2, -0.15) is 5.10 Å². The highest BCUT2D eigenvalue weighted by Gasteiger charge is 2.18. The number of hydrogen-bond donors (Lipinski definition) is 2. The van der Waals surface area contributed by atoms with Gasteiger partial charge in [0.2, 0.25) is 0 Å². The van der Waals surface area contributed by atoms with E-state index in [9.17, 15) is 4.79 Å². The number of amides is 1. The number of carbonyl (C=O) groups excluding carboxylic acids is 1. The Labute approximate surface area is 195 Å². The Morgan fingerprint density at radius 1 is 1.13 bits per heavy atom. The van der Waals surface area contributed by atoms with Crippen LogP contribution in [0.4, 0.5) is 0 Å². The van der Waals surface area contributed by atoms with E-state index >= 15 is 0 Å². The fourth-order valence-electron chi connectivity index (χ4n) is 3.11. The highest BCUT2D eigenvalue weighted by atomic mass is 35.5. The molecule has 7 nitrogen and oxygen atoms in total. The summed E-state index contributed by atoms with van der Waals surface area (Å²) in [5, 5.41) is 11.4. The molecule has 9 heteroatoms. The van der Waals surface area contributed by atoms with Gasteiger partial charge < -0.3 is 15.4 Å². The third-order valence-corrected chi connectivity index (χ3v) is 4.72. The minimum absolute atomic E-state index is 0. The summed E-state index contributed by atoms with van der Waals surface area (Å²) in [5.74, 6) is -0.123. The van der Waals surface area contributed by atoms with Gasteiger partial charge in [0.15, 0.2) is 5.65 Å². The average Bonchev–Trinajstić information content (AvgIpc) is 3.14. The molecule has 3 aromatic rings. The van der Waals surface area contributed by atoms with Crippen LogP contribution in [0.5, 0.6) is 0 Å². The van der Waals surface area contributed by atoms with Crippen molar-refractivity contribution in [2.24, 2.45) is 0 Å². The van der Waals surface area contributed by atoms with Gasteiger partial charge in [-0.15, -0.1) is 24.8 Å². The molecule has 1 amide bonds. The predicted molar refractivity (Wildman–Crippen MR) is 130 cm³/mol. The van der Waals surface area contributed by atoms with Crippen molar-refractivity contribution in [1.29, 1.82) is 0 Å². The van der Waals surface area contributed by atoms with E-state index in [1.807, 2.05) is 41.9 Å². The zero-order chi connectivity index (χ0) is 20.8. The fourth-order valence-corrected chi connectivity index (χ4v) is 3.11. The van der Waals surface area contributed by atoms with Crippen molar-refractivity contribution in [3.05, 3.63) is 47.7 Å². The SMILES string of the molecule is COCCNCCNC(=O)c1cc(-c2ccc(C)cc2)nc2c1cnn2C(C)C.Cl.Cl. The molecule has 0 spiro atoms. The number of carbonyl (C=O) groups is 1. The summed E-state index contributed by atoms with van der Waals surface area (Å²) in [4.78, 5) is 17.8. The lowest BCUT2D eigenvalue weighted by Gasteiger charge is -2.11. The molecule has 1 aromatic carbocycles. The fraction of sp³-hybridized carbons (Fsp3) is 0.409. The molecule has 31 heavy (non-hydrogen) atoms. The van der Waals surface area contributed by atoms with Crippen molar-refractivity contribution in [1.82, 2.24) is 25.4 Å². The number of halogens is 2. The molecule has 0 radical (unpaired) electrons. The molecule has 0 saturated carbocycles. The summed E-state index contributed by atoms with van der Waals surface area (Å²) in [7, 11) is 1.67. The minimum atomic E-state index is -0.123. The Kier molecular flexibility index (Phi) is 10.9. The van der Waals surface area contributed by atoms with Crippen LogP contribution in [0, 0.1) is 6.92 Å². The van der Waals surface area contributed by atoms with Crippen molar-refractivity contribution in [2.75, 3.05) is 33.4 Å². The average molecular weight is 468 g/mol. The predicted octanol–water partition coefficient (Wildman–Crippen LogP) is 3.80. The Balaban J connectivity index is 0.00000240. The van der Waals surface area contributed by atoms with Gasteiger partial charge >= 0.3 is 0 Å². The maximum Gasteiger partial charge on any atom is 0.252 e. The first-order valence-corrected chi connectivity index (χ1v) is 9.94. The molecule has 0 unspecified atom stereocenters. The van der Waals surface area contributed by atoms with Crippen LogP contribution < -0.4 is 10.6 Å². The highest BCUT2D eigenvalue weighted by Crippen LogP contribution is 2.26. The van der Waals surface area contributed by atoms with Crippen molar-refractivity contribution < 1.29 is 9.53 Å². The molecule has 2 aromatic heterocycles. The van der Waals surface area contributed by atoms with Gasteiger partial charge in [0, 0.05) is 38.3 Å². The molecule has 0 saturated heterocycles. The number of rotatable bonds is 9. The van der Waals surface area contributed by atoms with Crippen LogP contribution >= 0.6 is 24.8 Å². The number of nitrogens with one attached hydrogen (secondary N) is 2. The van der Waals surface area contributed by atoms with Crippen LogP contribution in [0.25, 0.3) is 22.3 Å². The third kappa shape index (κ3) is 6.64. The summed E-state index contributed by atoms with van der Waals surface area (Å²) in [5.41, 5.74) is 4.24. The van der Waals surface area contributed by atoms with Crippen LogP contribution in [0.3, 0.4) is 0 Å². The largest absolute Gasteiger partial charge is 0.383 e. The van der Waals surface area contributed by atoms with E-state index in [0.29, 0.717) is 25.3 Å². The van der Waals surface area contributed by atoms with E-state index in [-0.39, 0.29) is 36.8 Å². The lowest BCUT2D eigenvalue weighted by molar-refractivity contribution is 0.0955. The van der Waals surface area contributed by atoms with Gasteiger partial charge in [-0.1, -0.05) is 29.8 Å². The number of hydrogen-bond acceptors (Lipinski definition) is 5. The minimum Gasteiger partial charge on any atom is -0.383 e. The molecule has 0 fully saturated rings. The highest BCUT2D eigenvalue weighted by molar-refractivity contribution is 6.06. The number of fused-ring (bicyclic) bond motifs is 1. The molecule has 0 atom stereocenters. The molecule has 0 aliphatic heterocycles. The van der Waals surface area contributed by atoms with Crippen molar-refractivity contribution >= 4 is 41.8 Å². The third-order valence-electron chi connectivity index (χ3n) is 4.72. The van der Waals surface area contributed by atoms with Gasteiger partial charge in [0.25, 0.3) is 5.91 Å².